The molecule has 0 aliphatic heterocycles. The maximum absolute atomic E-state index is 12.9. The standard InChI is InChI=1S/C24H21N5O4/c1-15-14-16-6-2-4-8-19(16)29-22(15)27-28(24(29)32)13-12-25-21(30)11-10-18-23(31)33-20-9-5-3-7-17(20)26-18/h2-9,14H,10-13H2,1H3,(H,25,30). The zero-order valence-corrected chi connectivity index (χ0v) is 17.9. The molecule has 0 saturated heterocycles. The first-order valence-electron chi connectivity index (χ1n) is 10.6. The molecule has 0 saturated carbocycles. The van der Waals surface area contributed by atoms with Crippen molar-refractivity contribution in [3.63, 3.8) is 0 Å². The summed E-state index contributed by atoms with van der Waals surface area (Å²) in [6, 6.07) is 16.6. The molecule has 0 bridgehead atoms. The fourth-order valence-corrected chi connectivity index (χ4v) is 3.90. The van der Waals surface area contributed by atoms with Gasteiger partial charge in [0.1, 0.15) is 11.2 Å². The van der Waals surface area contributed by atoms with E-state index in [1.165, 1.54) is 4.68 Å². The maximum atomic E-state index is 12.9. The quantitative estimate of drug-likeness (QED) is 0.431. The minimum atomic E-state index is -0.541. The van der Waals surface area contributed by atoms with Crippen LogP contribution in [-0.4, -0.2) is 31.6 Å². The number of nitrogens with zero attached hydrogens (tertiary/aromatic N) is 4. The Labute approximate surface area is 187 Å². The number of benzene rings is 2. The fourth-order valence-electron chi connectivity index (χ4n) is 3.90. The van der Waals surface area contributed by atoms with Crippen LogP contribution in [0.4, 0.5) is 0 Å². The molecule has 0 aliphatic rings. The molecule has 5 rings (SSSR count). The Bertz CT molecular complexity index is 1630. The van der Waals surface area contributed by atoms with Gasteiger partial charge in [-0.3, -0.25) is 4.79 Å². The SMILES string of the molecule is Cc1cc2ccccc2n2c(=O)n(CCNC(=O)CCc3nc4ccccc4oc3=O)nc12. The molecule has 9 heteroatoms. The molecule has 3 aromatic heterocycles. The summed E-state index contributed by atoms with van der Waals surface area (Å²) >= 11 is 0. The van der Waals surface area contributed by atoms with Crippen molar-refractivity contribution in [3.05, 3.63) is 86.8 Å². The lowest BCUT2D eigenvalue weighted by Gasteiger charge is -2.05. The van der Waals surface area contributed by atoms with Crippen molar-refractivity contribution in [2.24, 2.45) is 0 Å². The van der Waals surface area contributed by atoms with E-state index in [0.717, 1.165) is 16.5 Å². The van der Waals surface area contributed by atoms with Gasteiger partial charge in [-0.25, -0.2) is 23.7 Å². The average molecular weight is 443 g/mol. The zero-order valence-electron chi connectivity index (χ0n) is 17.9. The van der Waals surface area contributed by atoms with Gasteiger partial charge in [-0.1, -0.05) is 30.3 Å². The predicted molar refractivity (Wildman–Crippen MR) is 123 cm³/mol. The molecule has 5 aromatic rings. The number of para-hydroxylation sites is 3. The van der Waals surface area contributed by atoms with Gasteiger partial charge in [-0.05, 0) is 42.1 Å². The van der Waals surface area contributed by atoms with Crippen LogP contribution in [0.3, 0.4) is 0 Å². The Morgan fingerprint density at radius 3 is 2.76 bits per heavy atom. The number of carbonyl (C=O) groups is 1. The minimum Gasteiger partial charge on any atom is -0.420 e. The summed E-state index contributed by atoms with van der Waals surface area (Å²) in [6.07, 6.45) is 0.248. The van der Waals surface area contributed by atoms with E-state index < -0.39 is 5.63 Å². The molecule has 0 fully saturated rings. The predicted octanol–water partition coefficient (Wildman–Crippen LogP) is 2.21. The Morgan fingerprint density at radius 2 is 1.88 bits per heavy atom. The monoisotopic (exact) mass is 443 g/mol. The van der Waals surface area contributed by atoms with Crippen molar-refractivity contribution in [1.29, 1.82) is 0 Å². The number of aromatic nitrogens is 4. The van der Waals surface area contributed by atoms with E-state index in [1.807, 2.05) is 37.3 Å². The molecule has 1 amide bonds. The summed E-state index contributed by atoms with van der Waals surface area (Å²) in [5.74, 6) is -0.247. The molecule has 33 heavy (non-hydrogen) atoms. The topological polar surface area (TPSA) is 112 Å². The van der Waals surface area contributed by atoms with Gasteiger partial charge in [-0.2, -0.15) is 0 Å². The van der Waals surface area contributed by atoms with Gasteiger partial charge in [0.25, 0.3) is 0 Å². The molecular formula is C24H21N5O4. The number of amides is 1. The third-order valence-corrected chi connectivity index (χ3v) is 5.54. The average Bonchev–Trinajstić information content (AvgIpc) is 3.15. The van der Waals surface area contributed by atoms with Crippen molar-refractivity contribution in [2.75, 3.05) is 6.54 Å². The number of pyridine rings is 1. The maximum Gasteiger partial charge on any atom is 0.358 e. The highest BCUT2D eigenvalue weighted by Gasteiger charge is 2.13. The fraction of sp³-hybridized carbons (Fsp3) is 0.208. The number of rotatable bonds is 6. The zero-order chi connectivity index (χ0) is 22.9. The molecule has 0 atom stereocenters. The van der Waals surface area contributed by atoms with E-state index in [1.54, 1.807) is 28.7 Å². The van der Waals surface area contributed by atoms with Crippen LogP contribution in [0.5, 0.6) is 0 Å². The van der Waals surface area contributed by atoms with E-state index in [9.17, 15) is 14.4 Å². The number of fused-ring (bicyclic) bond motifs is 4. The van der Waals surface area contributed by atoms with E-state index in [-0.39, 0.29) is 43.2 Å². The molecular weight excluding hydrogens is 422 g/mol. The van der Waals surface area contributed by atoms with Crippen LogP contribution in [0, 0.1) is 6.92 Å². The van der Waals surface area contributed by atoms with Gasteiger partial charge in [0, 0.05) is 19.4 Å². The van der Waals surface area contributed by atoms with Gasteiger partial charge >= 0.3 is 11.3 Å². The Kier molecular flexibility index (Phi) is 5.21. The van der Waals surface area contributed by atoms with E-state index in [0.29, 0.717) is 16.7 Å². The lowest BCUT2D eigenvalue weighted by molar-refractivity contribution is -0.121. The summed E-state index contributed by atoms with van der Waals surface area (Å²) in [7, 11) is 0. The first kappa shape index (κ1) is 20.6. The van der Waals surface area contributed by atoms with Gasteiger partial charge in [0.05, 0.1) is 12.1 Å². The highest BCUT2D eigenvalue weighted by molar-refractivity contribution is 5.83. The minimum absolute atomic E-state index is 0.0832. The van der Waals surface area contributed by atoms with Gasteiger partial charge < -0.3 is 9.73 Å². The second-order valence-electron chi connectivity index (χ2n) is 7.82. The Hall–Kier alpha value is -4.27. The molecule has 0 aliphatic carbocycles. The highest BCUT2D eigenvalue weighted by Crippen LogP contribution is 2.17. The van der Waals surface area contributed by atoms with Gasteiger partial charge in [0.2, 0.25) is 5.91 Å². The van der Waals surface area contributed by atoms with E-state index >= 15 is 0 Å². The van der Waals surface area contributed by atoms with Crippen molar-refractivity contribution < 1.29 is 9.21 Å². The van der Waals surface area contributed by atoms with Crippen LogP contribution in [0.1, 0.15) is 17.7 Å². The molecule has 0 spiro atoms. The molecule has 3 heterocycles. The van der Waals surface area contributed by atoms with Gasteiger partial charge in [0.15, 0.2) is 11.2 Å². The smallest absolute Gasteiger partial charge is 0.358 e. The number of aryl methyl sites for hydroxylation is 2. The summed E-state index contributed by atoms with van der Waals surface area (Å²) < 4.78 is 8.20. The first-order chi connectivity index (χ1) is 16.0. The first-order valence-corrected chi connectivity index (χ1v) is 10.6. The number of hydrogen-bond donors (Lipinski definition) is 1. The molecule has 9 nitrogen and oxygen atoms in total. The third kappa shape index (κ3) is 3.89. The molecule has 2 aromatic carbocycles. The van der Waals surface area contributed by atoms with Gasteiger partial charge in [-0.15, -0.1) is 5.10 Å². The van der Waals surface area contributed by atoms with Crippen LogP contribution in [0.25, 0.3) is 27.6 Å². The summed E-state index contributed by atoms with van der Waals surface area (Å²) in [5.41, 5.74) is 2.69. The largest absolute Gasteiger partial charge is 0.420 e. The van der Waals surface area contributed by atoms with Crippen LogP contribution in [0.2, 0.25) is 0 Å². The summed E-state index contributed by atoms with van der Waals surface area (Å²) in [4.78, 5) is 41.6. The second kappa shape index (κ2) is 8.34. The summed E-state index contributed by atoms with van der Waals surface area (Å²) in [6.45, 7) is 2.38. The van der Waals surface area contributed by atoms with E-state index in [4.69, 9.17) is 4.42 Å². The van der Waals surface area contributed by atoms with Crippen molar-refractivity contribution in [3.8, 4) is 0 Å². The van der Waals surface area contributed by atoms with Crippen LogP contribution >= 0.6 is 0 Å². The van der Waals surface area contributed by atoms with Crippen molar-refractivity contribution in [1.82, 2.24) is 24.5 Å². The van der Waals surface area contributed by atoms with Crippen LogP contribution < -0.4 is 16.6 Å². The van der Waals surface area contributed by atoms with Crippen molar-refractivity contribution in [2.45, 2.75) is 26.3 Å². The number of hydrogen-bond acceptors (Lipinski definition) is 6. The number of carbonyl (C=O) groups excluding carboxylic acids is 1. The normalized spacial score (nSPS) is 11.4. The summed E-state index contributed by atoms with van der Waals surface area (Å²) in [5, 5.41) is 8.18. The highest BCUT2D eigenvalue weighted by atomic mass is 16.4. The van der Waals surface area contributed by atoms with Crippen LogP contribution in [0.15, 0.2) is 68.6 Å². The molecule has 1 N–H and O–H groups in total. The van der Waals surface area contributed by atoms with E-state index in [2.05, 4.69) is 15.4 Å². The second-order valence-corrected chi connectivity index (χ2v) is 7.82. The van der Waals surface area contributed by atoms with Crippen molar-refractivity contribution >= 4 is 33.6 Å². The lowest BCUT2D eigenvalue weighted by atomic mass is 10.1. The Balaban J connectivity index is 1.25. The molecule has 166 valence electrons. The third-order valence-electron chi connectivity index (χ3n) is 5.54. The lowest BCUT2D eigenvalue weighted by Crippen LogP contribution is -2.31. The van der Waals surface area contributed by atoms with Crippen LogP contribution in [-0.2, 0) is 17.8 Å². The molecule has 0 radical (unpaired) electrons. The Morgan fingerprint density at radius 1 is 1.09 bits per heavy atom. The molecule has 0 unspecified atom stereocenters. The number of nitrogens with one attached hydrogen (secondary N) is 1.